The van der Waals surface area contributed by atoms with Crippen molar-refractivity contribution in [2.75, 3.05) is 20.2 Å². The maximum Gasteiger partial charge on any atom is 0.259 e. The van der Waals surface area contributed by atoms with Gasteiger partial charge >= 0.3 is 0 Å². The quantitative estimate of drug-likeness (QED) is 0.899. The van der Waals surface area contributed by atoms with Crippen LogP contribution in [0.2, 0.25) is 0 Å². The summed E-state index contributed by atoms with van der Waals surface area (Å²) in [5, 5.41) is 7.16. The SMILES string of the molecule is COC1(c2nc(COc3ccccc3F)no2)CCNCC1.Cl. The molecule has 0 aliphatic carbocycles. The van der Waals surface area contributed by atoms with E-state index in [0.717, 1.165) is 25.9 Å². The third kappa shape index (κ3) is 3.80. The summed E-state index contributed by atoms with van der Waals surface area (Å²) in [6.45, 7) is 1.71. The zero-order valence-electron chi connectivity index (χ0n) is 12.8. The molecule has 6 nitrogen and oxygen atoms in total. The van der Waals surface area contributed by atoms with Crippen molar-refractivity contribution in [2.24, 2.45) is 0 Å². The highest BCUT2D eigenvalue weighted by atomic mass is 35.5. The van der Waals surface area contributed by atoms with E-state index < -0.39 is 11.4 Å². The van der Waals surface area contributed by atoms with Crippen LogP contribution in [0.25, 0.3) is 0 Å². The molecule has 1 N–H and O–H groups in total. The summed E-state index contributed by atoms with van der Waals surface area (Å²) in [5.41, 5.74) is -0.547. The minimum absolute atomic E-state index is 0. The van der Waals surface area contributed by atoms with Gasteiger partial charge in [-0.1, -0.05) is 17.3 Å². The van der Waals surface area contributed by atoms with Crippen LogP contribution in [0.5, 0.6) is 5.75 Å². The first-order valence-electron chi connectivity index (χ1n) is 7.20. The lowest BCUT2D eigenvalue weighted by Gasteiger charge is -2.32. The van der Waals surface area contributed by atoms with Gasteiger partial charge in [-0.3, -0.25) is 0 Å². The molecule has 0 amide bonds. The van der Waals surface area contributed by atoms with E-state index in [9.17, 15) is 4.39 Å². The number of rotatable bonds is 5. The van der Waals surface area contributed by atoms with Crippen LogP contribution in [0.4, 0.5) is 4.39 Å². The van der Waals surface area contributed by atoms with Crippen LogP contribution >= 0.6 is 12.4 Å². The van der Waals surface area contributed by atoms with Crippen molar-refractivity contribution in [3.05, 3.63) is 41.8 Å². The number of aromatic nitrogens is 2. The van der Waals surface area contributed by atoms with Gasteiger partial charge in [0.25, 0.3) is 5.89 Å². The van der Waals surface area contributed by atoms with Crippen LogP contribution in [0.15, 0.2) is 28.8 Å². The fraction of sp³-hybridized carbons (Fsp3) is 0.467. The van der Waals surface area contributed by atoms with E-state index in [0.29, 0.717) is 11.7 Å². The van der Waals surface area contributed by atoms with E-state index in [-0.39, 0.29) is 24.8 Å². The van der Waals surface area contributed by atoms with Gasteiger partial charge in [0.1, 0.15) is 5.60 Å². The molecule has 0 bridgehead atoms. The lowest BCUT2D eigenvalue weighted by molar-refractivity contribution is -0.0622. The Morgan fingerprint density at radius 1 is 1.30 bits per heavy atom. The van der Waals surface area contributed by atoms with Crippen molar-refractivity contribution in [3.63, 3.8) is 0 Å². The minimum atomic E-state index is -0.547. The summed E-state index contributed by atoms with van der Waals surface area (Å²) in [7, 11) is 1.64. The second-order valence-electron chi connectivity index (χ2n) is 5.18. The second kappa shape index (κ2) is 7.72. The molecule has 0 atom stereocenters. The van der Waals surface area contributed by atoms with E-state index in [1.807, 2.05) is 0 Å². The first-order chi connectivity index (χ1) is 10.7. The average Bonchev–Trinajstić information content (AvgIpc) is 3.04. The standard InChI is InChI=1S/C15H18FN3O3.ClH/c1-20-15(6-8-17-9-7-15)14-18-13(19-22-14)10-21-12-5-3-2-4-11(12)16;/h2-5,17H,6-10H2,1H3;1H. The number of hydrogen-bond acceptors (Lipinski definition) is 6. The van der Waals surface area contributed by atoms with Gasteiger partial charge < -0.3 is 19.3 Å². The third-order valence-corrected chi connectivity index (χ3v) is 3.85. The molecule has 0 radical (unpaired) electrons. The lowest BCUT2D eigenvalue weighted by atomic mass is 9.92. The van der Waals surface area contributed by atoms with E-state index in [4.69, 9.17) is 14.0 Å². The van der Waals surface area contributed by atoms with E-state index in [1.165, 1.54) is 6.07 Å². The van der Waals surface area contributed by atoms with Crippen LogP contribution in [-0.2, 0) is 16.9 Å². The highest BCUT2D eigenvalue weighted by Gasteiger charge is 2.39. The van der Waals surface area contributed by atoms with Crippen molar-refractivity contribution in [1.29, 1.82) is 0 Å². The van der Waals surface area contributed by atoms with Gasteiger partial charge in [0.15, 0.2) is 18.2 Å². The zero-order chi connectivity index (χ0) is 15.4. The number of benzene rings is 1. The minimum Gasteiger partial charge on any atom is -0.482 e. The predicted molar refractivity (Wildman–Crippen MR) is 83.1 cm³/mol. The van der Waals surface area contributed by atoms with Gasteiger partial charge in [-0.2, -0.15) is 4.98 Å². The molecule has 1 aromatic carbocycles. The molecule has 0 unspecified atom stereocenters. The number of nitrogens with zero attached hydrogens (tertiary/aromatic N) is 2. The summed E-state index contributed by atoms with van der Waals surface area (Å²) in [6.07, 6.45) is 1.53. The third-order valence-electron chi connectivity index (χ3n) is 3.85. The summed E-state index contributed by atoms with van der Waals surface area (Å²) in [4.78, 5) is 4.34. The summed E-state index contributed by atoms with van der Waals surface area (Å²) in [6, 6.07) is 6.20. The van der Waals surface area contributed by atoms with E-state index in [1.54, 1.807) is 25.3 Å². The molecule has 23 heavy (non-hydrogen) atoms. The number of ether oxygens (including phenoxy) is 2. The smallest absolute Gasteiger partial charge is 0.259 e. The van der Waals surface area contributed by atoms with Crippen LogP contribution in [0.3, 0.4) is 0 Å². The number of halogens is 2. The number of piperidine rings is 1. The maximum atomic E-state index is 13.5. The number of methoxy groups -OCH3 is 1. The Labute approximate surface area is 139 Å². The Balaban J connectivity index is 0.00000192. The van der Waals surface area contributed by atoms with Gasteiger partial charge in [0.05, 0.1) is 0 Å². The van der Waals surface area contributed by atoms with Crippen LogP contribution in [0, 0.1) is 5.82 Å². The Hall–Kier alpha value is -1.70. The van der Waals surface area contributed by atoms with Crippen molar-refractivity contribution in [3.8, 4) is 5.75 Å². The highest BCUT2D eigenvalue weighted by molar-refractivity contribution is 5.85. The Kier molecular flexibility index (Phi) is 5.92. The highest BCUT2D eigenvalue weighted by Crippen LogP contribution is 2.33. The van der Waals surface area contributed by atoms with E-state index >= 15 is 0 Å². The first-order valence-corrected chi connectivity index (χ1v) is 7.20. The van der Waals surface area contributed by atoms with Crippen molar-refractivity contribution >= 4 is 12.4 Å². The first kappa shape index (κ1) is 17.7. The second-order valence-corrected chi connectivity index (χ2v) is 5.18. The molecule has 8 heteroatoms. The molecule has 1 aromatic heterocycles. The molecule has 3 rings (SSSR count). The van der Waals surface area contributed by atoms with Gasteiger partial charge in [-0.05, 0) is 38.1 Å². The number of para-hydroxylation sites is 1. The van der Waals surface area contributed by atoms with Gasteiger partial charge in [-0.15, -0.1) is 12.4 Å². The molecular weight excluding hydrogens is 325 g/mol. The van der Waals surface area contributed by atoms with Gasteiger partial charge in [-0.25, -0.2) is 4.39 Å². The molecular formula is C15H19ClFN3O3. The normalized spacial score (nSPS) is 16.6. The van der Waals surface area contributed by atoms with Crippen LogP contribution in [-0.4, -0.2) is 30.3 Å². The van der Waals surface area contributed by atoms with Crippen LogP contribution in [0.1, 0.15) is 24.6 Å². The van der Waals surface area contributed by atoms with E-state index in [2.05, 4.69) is 15.5 Å². The number of hydrogen-bond donors (Lipinski definition) is 1. The fourth-order valence-electron chi connectivity index (χ4n) is 2.54. The van der Waals surface area contributed by atoms with Crippen molar-refractivity contribution < 1.29 is 18.4 Å². The summed E-state index contributed by atoms with van der Waals surface area (Å²) in [5.74, 6) is 0.562. The van der Waals surface area contributed by atoms with Crippen molar-refractivity contribution in [2.45, 2.75) is 25.0 Å². The fourth-order valence-corrected chi connectivity index (χ4v) is 2.54. The molecule has 2 heterocycles. The average molecular weight is 344 g/mol. The molecule has 0 spiro atoms. The summed E-state index contributed by atoms with van der Waals surface area (Å²) >= 11 is 0. The van der Waals surface area contributed by atoms with Crippen molar-refractivity contribution in [1.82, 2.24) is 15.5 Å². The lowest BCUT2D eigenvalue weighted by Crippen LogP contribution is -2.41. The zero-order valence-corrected chi connectivity index (χ0v) is 13.6. The molecule has 1 aliphatic heterocycles. The maximum absolute atomic E-state index is 13.5. The van der Waals surface area contributed by atoms with Gasteiger partial charge in [0.2, 0.25) is 5.82 Å². The molecule has 1 fully saturated rings. The predicted octanol–water partition coefficient (Wildman–Crippen LogP) is 2.43. The Morgan fingerprint density at radius 3 is 2.74 bits per heavy atom. The molecule has 2 aromatic rings. The number of nitrogens with one attached hydrogen (secondary N) is 1. The van der Waals surface area contributed by atoms with Crippen LogP contribution < -0.4 is 10.1 Å². The Bertz CT molecular complexity index is 632. The molecule has 1 saturated heterocycles. The molecule has 126 valence electrons. The topological polar surface area (TPSA) is 69.4 Å². The monoisotopic (exact) mass is 343 g/mol. The summed E-state index contributed by atoms with van der Waals surface area (Å²) < 4.78 is 29.8. The largest absolute Gasteiger partial charge is 0.482 e. The van der Waals surface area contributed by atoms with Gasteiger partial charge in [0, 0.05) is 7.11 Å². The molecule has 0 saturated carbocycles. The molecule has 1 aliphatic rings. The Morgan fingerprint density at radius 2 is 2.04 bits per heavy atom.